The van der Waals surface area contributed by atoms with E-state index in [1.54, 1.807) is 38.4 Å². The number of hydrogen-bond donors (Lipinski definition) is 0. The lowest BCUT2D eigenvalue weighted by molar-refractivity contribution is -0.274. The van der Waals surface area contributed by atoms with Crippen molar-refractivity contribution in [2.75, 3.05) is 27.3 Å². The van der Waals surface area contributed by atoms with E-state index in [0.29, 0.717) is 24.5 Å². The van der Waals surface area contributed by atoms with Crippen molar-refractivity contribution in [1.82, 2.24) is 4.90 Å². The van der Waals surface area contributed by atoms with Crippen molar-refractivity contribution in [2.45, 2.75) is 12.8 Å². The van der Waals surface area contributed by atoms with Gasteiger partial charge in [0.2, 0.25) is 5.91 Å². The summed E-state index contributed by atoms with van der Waals surface area (Å²) in [6.45, 7) is 0.688. The Bertz CT molecular complexity index is 730. The van der Waals surface area contributed by atoms with Crippen molar-refractivity contribution in [1.29, 1.82) is 0 Å². The molecule has 0 radical (unpaired) electrons. The number of alkyl halides is 3. The zero-order chi connectivity index (χ0) is 19.9. The second-order valence-corrected chi connectivity index (χ2v) is 5.71. The zero-order valence-corrected chi connectivity index (χ0v) is 15.0. The quantitative estimate of drug-likeness (QED) is 0.698. The molecule has 0 saturated heterocycles. The minimum absolute atomic E-state index is 0.0747. The molecule has 0 saturated carbocycles. The summed E-state index contributed by atoms with van der Waals surface area (Å²) < 4.78 is 50.8. The van der Waals surface area contributed by atoms with Crippen molar-refractivity contribution in [3.8, 4) is 17.2 Å². The van der Waals surface area contributed by atoms with Gasteiger partial charge in [-0.3, -0.25) is 4.79 Å². The molecule has 1 amide bonds. The fourth-order valence-electron chi connectivity index (χ4n) is 2.22. The van der Waals surface area contributed by atoms with Gasteiger partial charge in [-0.25, -0.2) is 0 Å². The average Bonchev–Trinajstić information content (AvgIpc) is 2.62. The van der Waals surface area contributed by atoms with E-state index in [-0.39, 0.29) is 18.1 Å². The zero-order valence-electron chi connectivity index (χ0n) is 15.0. The molecule has 5 nitrogen and oxygen atoms in total. The lowest BCUT2D eigenvalue weighted by Crippen LogP contribution is -2.32. The first-order valence-corrected chi connectivity index (χ1v) is 8.12. The molecule has 8 heteroatoms. The monoisotopic (exact) mass is 383 g/mol. The van der Waals surface area contributed by atoms with Gasteiger partial charge in [0.1, 0.15) is 23.9 Å². The fourth-order valence-corrected chi connectivity index (χ4v) is 2.22. The van der Waals surface area contributed by atoms with E-state index in [2.05, 4.69) is 4.74 Å². The molecule has 0 aromatic heterocycles. The fraction of sp³-hybridized carbons (Fsp3) is 0.316. The van der Waals surface area contributed by atoms with Gasteiger partial charge in [-0.15, -0.1) is 13.2 Å². The SMILES string of the molecule is COc1ccc(OCCN(C)C(=O)Cc2ccc(OC(F)(F)F)cc2)cc1. The molecule has 0 heterocycles. The summed E-state index contributed by atoms with van der Waals surface area (Å²) in [4.78, 5) is 13.7. The first-order chi connectivity index (χ1) is 12.8. The number of amides is 1. The van der Waals surface area contributed by atoms with Gasteiger partial charge >= 0.3 is 6.36 Å². The van der Waals surface area contributed by atoms with Crippen LogP contribution in [0.5, 0.6) is 17.2 Å². The lowest BCUT2D eigenvalue weighted by Gasteiger charge is -2.18. The molecule has 0 spiro atoms. The van der Waals surface area contributed by atoms with Crippen LogP contribution < -0.4 is 14.2 Å². The number of ether oxygens (including phenoxy) is 3. The lowest BCUT2D eigenvalue weighted by atomic mass is 10.1. The molecule has 2 aromatic rings. The number of hydrogen-bond acceptors (Lipinski definition) is 4. The third kappa shape index (κ3) is 7.08. The molecule has 146 valence electrons. The van der Waals surface area contributed by atoms with E-state index in [1.165, 1.54) is 29.2 Å². The summed E-state index contributed by atoms with van der Waals surface area (Å²) in [6.07, 6.45) is -4.66. The number of carbonyl (C=O) groups excluding carboxylic acids is 1. The number of methoxy groups -OCH3 is 1. The molecule has 0 bridgehead atoms. The summed E-state index contributed by atoms with van der Waals surface area (Å²) in [5.41, 5.74) is 0.595. The second-order valence-electron chi connectivity index (χ2n) is 5.71. The van der Waals surface area contributed by atoms with Crippen molar-refractivity contribution in [3.05, 3.63) is 54.1 Å². The highest BCUT2D eigenvalue weighted by molar-refractivity contribution is 5.78. The number of nitrogens with zero attached hydrogens (tertiary/aromatic N) is 1. The highest BCUT2D eigenvalue weighted by atomic mass is 19.4. The van der Waals surface area contributed by atoms with E-state index in [1.807, 2.05) is 0 Å². The average molecular weight is 383 g/mol. The molecule has 2 aromatic carbocycles. The summed E-state index contributed by atoms with van der Waals surface area (Å²) in [5, 5.41) is 0. The van der Waals surface area contributed by atoms with Crippen molar-refractivity contribution < 1.29 is 32.2 Å². The van der Waals surface area contributed by atoms with Gasteiger partial charge in [0.15, 0.2) is 0 Å². The molecule has 27 heavy (non-hydrogen) atoms. The minimum atomic E-state index is -4.73. The Labute approximate surface area is 155 Å². The smallest absolute Gasteiger partial charge is 0.497 e. The van der Waals surface area contributed by atoms with Crippen LogP contribution >= 0.6 is 0 Å². The molecular formula is C19H20F3NO4. The van der Waals surface area contributed by atoms with Gasteiger partial charge in [-0.05, 0) is 42.0 Å². The Morgan fingerprint density at radius 3 is 2.07 bits per heavy atom. The standard InChI is InChI=1S/C19H20F3NO4/c1-23(11-12-26-16-9-7-15(25-2)8-10-16)18(24)13-14-3-5-17(6-4-14)27-19(20,21)22/h3-10H,11-13H2,1-2H3. The molecular weight excluding hydrogens is 363 g/mol. The van der Waals surface area contributed by atoms with E-state index < -0.39 is 6.36 Å². The van der Waals surface area contributed by atoms with E-state index in [0.717, 1.165) is 5.75 Å². The molecule has 0 aliphatic carbocycles. The third-order valence-electron chi connectivity index (χ3n) is 3.69. The summed E-state index contributed by atoms with van der Waals surface area (Å²) >= 11 is 0. The van der Waals surface area contributed by atoms with Gasteiger partial charge in [-0.1, -0.05) is 12.1 Å². The summed E-state index contributed by atoms with van der Waals surface area (Å²) in [5.74, 6) is 0.899. The Morgan fingerprint density at radius 2 is 1.52 bits per heavy atom. The van der Waals surface area contributed by atoms with Crippen LogP contribution in [0.1, 0.15) is 5.56 Å². The van der Waals surface area contributed by atoms with Crippen molar-refractivity contribution >= 4 is 5.91 Å². The first kappa shape index (κ1) is 20.4. The van der Waals surface area contributed by atoms with E-state index >= 15 is 0 Å². The van der Waals surface area contributed by atoms with Crippen LogP contribution in [0.4, 0.5) is 13.2 Å². The molecule has 2 rings (SSSR count). The number of rotatable bonds is 8. The Kier molecular flexibility index (Phi) is 6.92. The van der Waals surface area contributed by atoms with Gasteiger partial charge in [0, 0.05) is 7.05 Å². The predicted molar refractivity (Wildman–Crippen MR) is 93.0 cm³/mol. The minimum Gasteiger partial charge on any atom is -0.497 e. The maximum Gasteiger partial charge on any atom is 0.573 e. The molecule has 0 atom stereocenters. The molecule has 0 N–H and O–H groups in total. The van der Waals surface area contributed by atoms with E-state index in [9.17, 15) is 18.0 Å². The van der Waals surface area contributed by atoms with Crippen LogP contribution in [0.2, 0.25) is 0 Å². The maximum atomic E-state index is 12.2. The van der Waals surface area contributed by atoms with Crippen LogP contribution in [-0.2, 0) is 11.2 Å². The van der Waals surface area contributed by atoms with Gasteiger partial charge in [0.25, 0.3) is 0 Å². The van der Waals surface area contributed by atoms with Crippen LogP contribution in [0.25, 0.3) is 0 Å². The number of benzene rings is 2. The van der Waals surface area contributed by atoms with Crippen LogP contribution in [0.3, 0.4) is 0 Å². The van der Waals surface area contributed by atoms with Gasteiger partial charge < -0.3 is 19.1 Å². The Morgan fingerprint density at radius 1 is 0.963 bits per heavy atom. The Hall–Kier alpha value is -2.90. The molecule has 0 aliphatic rings. The van der Waals surface area contributed by atoms with Gasteiger partial charge in [-0.2, -0.15) is 0 Å². The molecule has 0 aliphatic heterocycles. The van der Waals surface area contributed by atoms with Crippen molar-refractivity contribution in [2.24, 2.45) is 0 Å². The molecule has 0 unspecified atom stereocenters. The highest BCUT2D eigenvalue weighted by Crippen LogP contribution is 2.23. The number of halogens is 3. The van der Waals surface area contributed by atoms with Gasteiger partial charge in [0.05, 0.1) is 20.1 Å². The normalized spacial score (nSPS) is 11.0. The van der Waals surface area contributed by atoms with E-state index in [4.69, 9.17) is 9.47 Å². The van der Waals surface area contributed by atoms with Crippen LogP contribution in [-0.4, -0.2) is 44.5 Å². The topological polar surface area (TPSA) is 48.0 Å². The van der Waals surface area contributed by atoms with Crippen molar-refractivity contribution in [3.63, 3.8) is 0 Å². The predicted octanol–water partition coefficient (Wildman–Crippen LogP) is 3.67. The largest absolute Gasteiger partial charge is 0.573 e. The summed E-state index contributed by atoms with van der Waals surface area (Å²) in [7, 11) is 3.22. The second kappa shape index (κ2) is 9.16. The maximum absolute atomic E-state index is 12.2. The summed E-state index contributed by atoms with van der Waals surface area (Å²) in [6, 6.07) is 12.3. The Balaban J connectivity index is 1.77. The first-order valence-electron chi connectivity index (χ1n) is 8.12. The number of carbonyl (C=O) groups is 1. The third-order valence-corrected chi connectivity index (χ3v) is 3.69. The van der Waals surface area contributed by atoms with Crippen LogP contribution in [0.15, 0.2) is 48.5 Å². The number of likely N-dealkylation sites (N-methyl/N-ethyl adjacent to an activating group) is 1. The van der Waals surface area contributed by atoms with Crippen LogP contribution in [0, 0.1) is 0 Å². The highest BCUT2D eigenvalue weighted by Gasteiger charge is 2.30. The molecule has 0 fully saturated rings.